The summed E-state index contributed by atoms with van der Waals surface area (Å²) < 4.78 is 21.4. The van der Waals surface area contributed by atoms with Gasteiger partial charge < -0.3 is 14.6 Å². The summed E-state index contributed by atoms with van der Waals surface area (Å²) in [6, 6.07) is 5.12. The number of ether oxygens (including phenoxy) is 1. The van der Waals surface area contributed by atoms with Crippen molar-refractivity contribution in [3.8, 4) is 0 Å². The minimum atomic E-state index is -1.13. The Morgan fingerprint density at radius 3 is 2.48 bits per heavy atom. The number of imidazole rings is 1. The summed E-state index contributed by atoms with van der Waals surface area (Å²) in [6.45, 7) is 1.00. The van der Waals surface area contributed by atoms with E-state index in [4.69, 9.17) is 4.74 Å². The van der Waals surface area contributed by atoms with Gasteiger partial charge in [-0.15, -0.1) is 0 Å². The van der Waals surface area contributed by atoms with Crippen LogP contribution in [0.2, 0.25) is 0 Å². The highest BCUT2D eigenvalue weighted by Gasteiger charge is 2.20. The largest absolute Gasteiger partial charge is 0.451 e. The van der Waals surface area contributed by atoms with Crippen LogP contribution in [0.3, 0.4) is 0 Å². The van der Waals surface area contributed by atoms with Crippen molar-refractivity contribution in [3.63, 3.8) is 0 Å². The molecule has 0 saturated carbocycles. The number of benzene rings is 1. The highest BCUT2D eigenvalue weighted by molar-refractivity contribution is 5.95. The Morgan fingerprint density at radius 2 is 1.83 bits per heavy atom. The number of nitrogens with zero attached hydrogens (tertiary/aromatic N) is 4. The molecule has 10 nitrogen and oxygen atoms in total. The number of amides is 1. The molecule has 0 bridgehead atoms. The van der Waals surface area contributed by atoms with E-state index < -0.39 is 35.0 Å². The molecule has 2 aromatic heterocycles. The highest BCUT2D eigenvalue weighted by Crippen LogP contribution is 2.10. The molecule has 29 heavy (non-hydrogen) atoms. The lowest BCUT2D eigenvalue weighted by atomic mass is 10.3. The number of halogens is 1. The van der Waals surface area contributed by atoms with E-state index in [1.165, 1.54) is 60.7 Å². The van der Waals surface area contributed by atoms with E-state index >= 15 is 0 Å². The first-order valence-corrected chi connectivity index (χ1v) is 8.55. The van der Waals surface area contributed by atoms with Crippen molar-refractivity contribution in [1.29, 1.82) is 0 Å². The maximum Gasteiger partial charge on any atom is 0.332 e. The number of aromatic nitrogens is 4. The average molecular weight is 403 g/mol. The van der Waals surface area contributed by atoms with Crippen LogP contribution >= 0.6 is 0 Å². The van der Waals surface area contributed by atoms with Crippen molar-refractivity contribution >= 4 is 28.7 Å². The highest BCUT2D eigenvalue weighted by atomic mass is 19.1. The lowest BCUT2D eigenvalue weighted by Crippen LogP contribution is -2.38. The van der Waals surface area contributed by atoms with Gasteiger partial charge >= 0.3 is 11.7 Å². The van der Waals surface area contributed by atoms with Crippen molar-refractivity contribution in [2.24, 2.45) is 14.1 Å². The minimum Gasteiger partial charge on any atom is -0.451 e. The second-order valence-corrected chi connectivity index (χ2v) is 6.38. The summed E-state index contributed by atoms with van der Waals surface area (Å²) in [5, 5.41) is 2.50. The number of rotatable bonds is 5. The standard InChI is InChI=1S/C18H18FN5O5/c1-10(16(26)21-12-6-4-11(19)5-7-12)29-13(25)8-24-9-20-15-14(24)17(27)23(3)18(28)22(15)2/h4-7,9-10H,8H2,1-3H3,(H,21,26). The predicted octanol–water partition coefficient (Wildman–Crippen LogP) is 0.143. The van der Waals surface area contributed by atoms with Gasteiger partial charge in [-0.25, -0.2) is 14.2 Å². The fraction of sp³-hybridized carbons (Fsp3) is 0.278. The smallest absolute Gasteiger partial charge is 0.332 e. The topological polar surface area (TPSA) is 117 Å². The number of carbonyl (C=O) groups excluding carboxylic acids is 2. The van der Waals surface area contributed by atoms with E-state index in [-0.39, 0.29) is 17.7 Å². The molecular formula is C18H18FN5O5. The van der Waals surface area contributed by atoms with Crippen LogP contribution in [0.25, 0.3) is 11.2 Å². The molecule has 0 aliphatic carbocycles. The summed E-state index contributed by atoms with van der Waals surface area (Å²) in [6.07, 6.45) is 0.116. The maximum absolute atomic E-state index is 12.9. The van der Waals surface area contributed by atoms with Crippen LogP contribution in [-0.2, 0) is 35.0 Å². The van der Waals surface area contributed by atoms with Crippen LogP contribution < -0.4 is 16.6 Å². The molecular weight excluding hydrogens is 385 g/mol. The third kappa shape index (κ3) is 3.93. The van der Waals surface area contributed by atoms with Gasteiger partial charge in [-0.1, -0.05) is 0 Å². The molecule has 11 heteroatoms. The molecule has 1 aromatic carbocycles. The Morgan fingerprint density at radius 1 is 1.17 bits per heavy atom. The van der Waals surface area contributed by atoms with Gasteiger partial charge in [-0.05, 0) is 31.2 Å². The molecule has 3 aromatic rings. The number of fused-ring (bicyclic) bond motifs is 1. The van der Waals surface area contributed by atoms with E-state index in [9.17, 15) is 23.6 Å². The zero-order chi connectivity index (χ0) is 21.3. The number of nitrogens with one attached hydrogen (secondary N) is 1. The molecule has 0 saturated heterocycles. The lowest BCUT2D eigenvalue weighted by Gasteiger charge is -2.14. The molecule has 152 valence electrons. The van der Waals surface area contributed by atoms with Gasteiger partial charge in [0.15, 0.2) is 17.3 Å². The van der Waals surface area contributed by atoms with E-state index in [1.807, 2.05) is 0 Å². The third-order valence-corrected chi connectivity index (χ3v) is 4.31. The number of esters is 1. The number of hydrogen-bond acceptors (Lipinski definition) is 6. The fourth-order valence-electron chi connectivity index (χ4n) is 2.72. The second-order valence-electron chi connectivity index (χ2n) is 6.38. The van der Waals surface area contributed by atoms with E-state index in [1.54, 1.807) is 0 Å². The summed E-state index contributed by atoms with van der Waals surface area (Å²) in [5.41, 5.74) is -0.593. The van der Waals surface area contributed by atoms with Crippen LogP contribution in [0.15, 0.2) is 40.2 Å². The van der Waals surface area contributed by atoms with Gasteiger partial charge in [0.05, 0.1) is 6.33 Å². The van der Waals surface area contributed by atoms with E-state index in [0.29, 0.717) is 5.69 Å². The predicted molar refractivity (Wildman–Crippen MR) is 101 cm³/mol. The first-order chi connectivity index (χ1) is 13.7. The Hall–Kier alpha value is -3.76. The molecule has 1 amide bonds. The molecule has 0 aliphatic rings. The summed E-state index contributed by atoms with van der Waals surface area (Å²) in [5.74, 6) is -1.82. The third-order valence-electron chi connectivity index (χ3n) is 4.31. The quantitative estimate of drug-likeness (QED) is 0.606. The van der Waals surface area contributed by atoms with Crippen LogP contribution in [0, 0.1) is 5.82 Å². The van der Waals surface area contributed by atoms with Crippen molar-refractivity contribution in [1.82, 2.24) is 18.7 Å². The van der Waals surface area contributed by atoms with Crippen LogP contribution in [-0.4, -0.2) is 36.7 Å². The van der Waals surface area contributed by atoms with Crippen LogP contribution in [0.5, 0.6) is 0 Å². The average Bonchev–Trinajstić information content (AvgIpc) is 3.09. The Kier molecular flexibility index (Phi) is 5.31. The zero-order valence-corrected chi connectivity index (χ0v) is 15.9. The molecule has 0 fully saturated rings. The van der Waals surface area contributed by atoms with Gasteiger partial charge in [-0.3, -0.25) is 23.5 Å². The molecule has 0 spiro atoms. The Balaban J connectivity index is 1.72. The number of anilines is 1. The first-order valence-electron chi connectivity index (χ1n) is 8.55. The Labute approximate surface area is 163 Å². The van der Waals surface area contributed by atoms with Gasteiger partial charge in [0.25, 0.3) is 11.5 Å². The number of aryl methyl sites for hydroxylation is 1. The second kappa shape index (κ2) is 7.70. The minimum absolute atomic E-state index is 0.0648. The molecule has 1 atom stereocenters. The number of hydrogen-bond donors (Lipinski definition) is 1. The van der Waals surface area contributed by atoms with Gasteiger partial charge in [-0.2, -0.15) is 0 Å². The summed E-state index contributed by atoms with van der Waals surface area (Å²) in [7, 11) is 2.78. The van der Waals surface area contributed by atoms with Crippen molar-refractivity contribution < 1.29 is 18.7 Å². The van der Waals surface area contributed by atoms with Crippen molar-refractivity contribution in [3.05, 3.63) is 57.2 Å². The monoisotopic (exact) mass is 403 g/mol. The van der Waals surface area contributed by atoms with Gasteiger partial charge in [0.2, 0.25) is 0 Å². The SMILES string of the molecule is CC(OC(=O)Cn1cnc2c1c(=O)n(C)c(=O)n2C)C(=O)Nc1ccc(F)cc1. The molecule has 0 aliphatic heterocycles. The molecule has 1 unspecified atom stereocenters. The molecule has 1 N–H and O–H groups in total. The summed E-state index contributed by atoms with van der Waals surface area (Å²) >= 11 is 0. The zero-order valence-electron chi connectivity index (χ0n) is 15.9. The van der Waals surface area contributed by atoms with Crippen LogP contribution in [0.1, 0.15) is 6.92 Å². The lowest BCUT2D eigenvalue weighted by molar-refractivity contribution is -0.153. The summed E-state index contributed by atoms with van der Waals surface area (Å²) in [4.78, 5) is 52.7. The van der Waals surface area contributed by atoms with E-state index in [2.05, 4.69) is 10.3 Å². The first kappa shape index (κ1) is 20.0. The van der Waals surface area contributed by atoms with E-state index in [0.717, 1.165) is 4.57 Å². The molecule has 0 radical (unpaired) electrons. The van der Waals surface area contributed by atoms with Crippen molar-refractivity contribution in [2.75, 3.05) is 5.32 Å². The van der Waals surface area contributed by atoms with Crippen LogP contribution in [0.4, 0.5) is 10.1 Å². The van der Waals surface area contributed by atoms with Gasteiger partial charge in [0, 0.05) is 19.8 Å². The molecule has 3 rings (SSSR count). The maximum atomic E-state index is 12.9. The number of carbonyl (C=O) groups is 2. The fourth-order valence-corrected chi connectivity index (χ4v) is 2.72. The normalized spacial score (nSPS) is 12.0. The molecule has 2 heterocycles. The van der Waals surface area contributed by atoms with Crippen molar-refractivity contribution in [2.45, 2.75) is 19.6 Å². The Bertz CT molecular complexity index is 1210. The van der Waals surface area contributed by atoms with Gasteiger partial charge in [0.1, 0.15) is 12.4 Å².